The summed E-state index contributed by atoms with van der Waals surface area (Å²) in [6.07, 6.45) is -8.27. The Morgan fingerprint density at radius 3 is 1.77 bits per heavy atom. The van der Waals surface area contributed by atoms with Crippen LogP contribution in [0.4, 0.5) is 0 Å². The zero-order valence-electron chi connectivity index (χ0n) is 12.0. The minimum Gasteiger partial charge on any atom is -0.387 e. The molecule has 0 aromatic carbocycles. The van der Waals surface area contributed by atoms with Crippen LogP contribution in [0.15, 0.2) is 0 Å². The molecule has 1 fully saturated rings. The predicted octanol–water partition coefficient (Wildman–Crippen LogP) is -4.21. The topological polar surface area (TPSA) is 163 Å². The van der Waals surface area contributed by atoms with Crippen LogP contribution in [0.25, 0.3) is 0 Å². The summed E-state index contributed by atoms with van der Waals surface area (Å²) in [5.74, 6) is -2.16. The molecule has 0 bridgehead atoms. The van der Waals surface area contributed by atoms with Gasteiger partial charge in [0.15, 0.2) is 12.2 Å². The van der Waals surface area contributed by atoms with Crippen molar-refractivity contribution in [2.75, 3.05) is 39.5 Å². The predicted molar refractivity (Wildman–Crippen MR) is 71.4 cm³/mol. The summed E-state index contributed by atoms with van der Waals surface area (Å²) < 4.78 is 10.4. The van der Waals surface area contributed by atoms with Gasteiger partial charge in [0.05, 0.1) is 26.4 Å². The van der Waals surface area contributed by atoms with Crippen molar-refractivity contribution in [3.8, 4) is 0 Å². The monoisotopic (exact) mass is 322 g/mol. The molecule has 22 heavy (non-hydrogen) atoms. The number of carbonyl (C=O) groups excluding carboxylic acids is 2. The van der Waals surface area contributed by atoms with Crippen molar-refractivity contribution in [2.24, 2.45) is 5.73 Å². The number of hydrogen-bond donors (Lipinski definition) is 5. The minimum atomic E-state index is -2.10. The molecule has 6 N–H and O–H groups in total. The lowest BCUT2D eigenvalue weighted by Crippen LogP contribution is -2.55. The van der Waals surface area contributed by atoms with E-state index in [9.17, 15) is 30.0 Å². The van der Waals surface area contributed by atoms with Crippen LogP contribution in [0.2, 0.25) is 0 Å². The SMILES string of the molecule is NC(=O)[C@@H](O)[C@@H](O)[C@H](O)[C@@H](O)C(=O)N1CCOCCOCC1. The van der Waals surface area contributed by atoms with Gasteiger partial charge in [0, 0.05) is 13.1 Å². The van der Waals surface area contributed by atoms with E-state index in [1.54, 1.807) is 0 Å². The number of nitrogens with two attached hydrogens (primary N) is 1. The van der Waals surface area contributed by atoms with Gasteiger partial charge < -0.3 is 40.5 Å². The van der Waals surface area contributed by atoms with E-state index in [-0.39, 0.29) is 26.3 Å². The fourth-order valence-corrected chi connectivity index (χ4v) is 1.88. The van der Waals surface area contributed by atoms with Crippen molar-refractivity contribution in [3.05, 3.63) is 0 Å². The lowest BCUT2D eigenvalue weighted by molar-refractivity contribution is -0.161. The molecule has 0 unspecified atom stereocenters. The third-order valence-corrected chi connectivity index (χ3v) is 3.24. The Labute approximate surface area is 127 Å². The average Bonchev–Trinajstić information content (AvgIpc) is 2.64. The summed E-state index contributed by atoms with van der Waals surface area (Å²) in [6, 6.07) is 0. The van der Waals surface area contributed by atoms with Crippen LogP contribution in [0.1, 0.15) is 0 Å². The third-order valence-electron chi connectivity index (χ3n) is 3.24. The Morgan fingerprint density at radius 2 is 1.32 bits per heavy atom. The molecule has 1 aliphatic heterocycles. The summed E-state index contributed by atoms with van der Waals surface area (Å²) in [5, 5.41) is 38.3. The molecule has 0 aliphatic carbocycles. The first-order chi connectivity index (χ1) is 10.4. The van der Waals surface area contributed by atoms with Crippen LogP contribution in [0, 0.1) is 0 Å². The van der Waals surface area contributed by atoms with Crippen LogP contribution in [-0.4, -0.2) is 101 Å². The summed E-state index contributed by atoms with van der Waals surface area (Å²) >= 11 is 0. The molecular weight excluding hydrogens is 300 g/mol. The van der Waals surface area contributed by atoms with E-state index < -0.39 is 36.2 Å². The number of rotatable bonds is 5. The largest absolute Gasteiger partial charge is 0.387 e. The number of amides is 2. The van der Waals surface area contributed by atoms with Gasteiger partial charge in [-0.15, -0.1) is 0 Å². The van der Waals surface area contributed by atoms with Crippen molar-refractivity contribution in [3.63, 3.8) is 0 Å². The van der Waals surface area contributed by atoms with Gasteiger partial charge in [-0.2, -0.15) is 0 Å². The quantitative estimate of drug-likeness (QED) is 0.340. The Hall–Kier alpha value is -1.30. The first-order valence-corrected chi connectivity index (χ1v) is 6.82. The standard InChI is InChI=1S/C12H22N2O8/c13-11(19)9(17)7(15)8(16)10(18)12(20)14-1-3-21-5-6-22-4-2-14/h7-10,15-18H,1-6H2,(H2,13,19)/t7-,8-,9-,10+/m0/s1. The second-order valence-electron chi connectivity index (χ2n) is 4.82. The van der Waals surface area contributed by atoms with Gasteiger partial charge in [-0.05, 0) is 0 Å². The highest BCUT2D eigenvalue weighted by Crippen LogP contribution is 2.09. The Kier molecular flexibility index (Phi) is 7.65. The highest BCUT2D eigenvalue weighted by atomic mass is 16.5. The minimum absolute atomic E-state index is 0.167. The highest BCUT2D eigenvalue weighted by Gasteiger charge is 2.38. The highest BCUT2D eigenvalue weighted by molar-refractivity contribution is 5.82. The molecule has 1 rings (SSSR count). The molecule has 4 atom stereocenters. The lowest BCUT2D eigenvalue weighted by Gasteiger charge is -2.29. The van der Waals surface area contributed by atoms with Gasteiger partial charge in [-0.3, -0.25) is 9.59 Å². The van der Waals surface area contributed by atoms with Crippen LogP contribution < -0.4 is 5.73 Å². The first kappa shape index (κ1) is 18.7. The Bertz CT molecular complexity index is 370. The molecule has 2 amide bonds. The van der Waals surface area contributed by atoms with Gasteiger partial charge in [-0.25, -0.2) is 0 Å². The molecule has 0 aromatic rings. The van der Waals surface area contributed by atoms with Gasteiger partial charge in [0.1, 0.15) is 12.2 Å². The van der Waals surface area contributed by atoms with Gasteiger partial charge >= 0.3 is 0 Å². The molecule has 0 saturated carbocycles. The number of carbonyl (C=O) groups is 2. The van der Waals surface area contributed by atoms with Crippen LogP contribution in [0.3, 0.4) is 0 Å². The van der Waals surface area contributed by atoms with Gasteiger partial charge in [0.2, 0.25) is 5.91 Å². The van der Waals surface area contributed by atoms with E-state index in [1.165, 1.54) is 4.90 Å². The smallest absolute Gasteiger partial charge is 0.254 e. The molecule has 1 saturated heterocycles. The van der Waals surface area contributed by atoms with Crippen LogP contribution in [0.5, 0.6) is 0 Å². The summed E-state index contributed by atoms with van der Waals surface area (Å²) in [6.45, 7) is 1.56. The van der Waals surface area contributed by atoms with Gasteiger partial charge in [0.25, 0.3) is 5.91 Å². The van der Waals surface area contributed by atoms with Crippen molar-refractivity contribution >= 4 is 11.8 Å². The van der Waals surface area contributed by atoms with Crippen molar-refractivity contribution in [1.29, 1.82) is 0 Å². The number of aliphatic hydroxyl groups is 4. The molecule has 10 heteroatoms. The van der Waals surface area contributed by atoms with Crippen LogP contribution in [-0.2, 0) is 19.1 Å². The zero-order valence-corrected chi connectivity index (χ0v) is 12.0. The molecular formula is C12H22N2O8. The van der Waals surface area contributed by atoms with Crippen molar-refractivity contribution < 1.29 is 39.5 Å². The number of nitrogens with zero attached hydrogens (tertiary/aromatic N) is 1. The Balaban J connectivity index is 2.66. The normalized spacial score (nSPS) is 22.6. The van der Waals surface area contributed by atoms with Crippen molar-refractivity contribution in [1.82, 2.24) is 4.90 Å². The maximum Gasteiger partial charge on any atom is 0.254 e. The third kappa shape index (κ3) is 5.16. The molecule has 0 aromatic heterocycles. The van der Waals surface area contributed by atoms with E-state index in [4.69, 9.17) is 15.2 Å². The summed E-state index contributed by atoms with van der Waals surface area (Å²) in [7, 11) is 0. The molecule has 128 valence electrons. The number of aliphatic hydroxyl groups excluding tert-OH is 4. The van der Waals surface area contributed by atoms with Crippen molar-refractivity contribution in [2.45, 2.75) is 24.4 Å². The fraction of sp³-hybridized carbons (Fsp3) is 0.833. The lowest BCUT2D eigenvalue weighted by atomic mass is 10.0. The van der Waals surface area contributed by atoms with E-state index >= 15 is 0 Å². The molecule has 1 heterocycles. The molecule has 1 aliphatic rings. The first-order valence-electron chi connectivity index (χ1n) is 6.82. The fourth-order valence-electron chi connectivity index (χ4n) is 1.88. The Morgan fingerprint density at radius 1 is 0.864 bits per heavy atom. The average molecular weight is 322 g/mol. The maximum absolute atomic E-state index is 12.1. The van der Waals surface area contributed by atoms with Crippen LogP contribution >= 0.6 is 0 Å². The molecule has 0 spiro atoms. The van der Waals surface area contributed by atoms with E-state index in [1.807, 2.05) is 0 Å². The number of hydrogen-bond acceptors (Lipinski definition) is 8. The number of ether oxygens (including phenoxy) is 2. The van der Waals surface area contributed by atoms with E-state index in [0.717, 1.165) is 0 Å². The maximum atomic E-state index is 12.1. The number of primary amides is 1. The second kappa shape index (κ2) is 8.98. The summed E-state index contributed by atoms with van der Waals surface area (Å²) in [4.78, 5) is 24.1. The summed E-state index contributed by atoms with van der Waals surface area (Å²) in [5.41, 5.74) is 4.78. The second-order valence-corrected chi connectivity index (χ2v) is 4.82. The molecule has 10 nitrogen and oxygen atoms in total. The molecule has 0 radical (unpaired) electrons. The van der Waals surface area contributed by atoms with Gasteiger partial charge in [-0.1, -0.05) is 0 Å². The zero-order chi connectivity index (χ0) is 16.7. The van der Waals surface area contributed by atoms with E-state index in [0.29, 0.717) is 13.2 Å². The van der Waals surface area contributed by atoms with E-state index in [2.05, 4.69) is 0 Å².